The highest BCUT2D eigenvalue weighted by molar-refractivity contribution is 7.10. The summed E-state index contributed by atoms with van der Waals surface area (Å²) in [7, 11) is 3.49. The Morgan fingerprint density at radius 2 is 2.40 bits per heavy atom. The minimum Gasteiger partial charge on any atom is -0.493 e. The van der Waals surface area contributed by atoms with Gasteiger partial charge in [-0.25, -0.2) is 0 Å². The van der Waals surface area contributed by atoms with Crippen LogP contribution in [0.2, 0.25) is 0 Å². The lowest BCUT2D eigenvalue weighted by molar-refractivity contribution is 0.406. The zero-order valence-electron chi connectivity index (χ0n) is 8.68. The van der Waals surface area contributed by atoms with Crippen molar-refractivity contribution in [1.82, 2.24) is 9.78 Å². The van der Waals surface area contributed by atoms with Gasteiger partial charge < -0.3 is 10.5 Å². The van der Waals surface area contributed by atoms with Crippen LogP contribution in [-0.4, -0.2) is 16.9 Å². The predicted molar refractivity (Wildman–Crippen MR) is 60.1 cm³/mol. The lowest BCUT2D eigenvalue weighted by atomic mass is 10.2. The summed E-state index contributed by atoms with van der Waals surface area (Å²) < 4.78 is 6.98. The van der Waals surface area contributed by atoms with E-state index in [1.165, 1.54) is 0 Å². The minimum atomic E-state index is -0.174. The summed E-state index contributed by atoms with van der Waals surface area (Å²) in [5, 5.41) is 6.15. The molecule has 0 amide bonds. The molecule has 0 aliphatic carbocycles. The van der Waals surface area contributed by atoms with Crippen LogP contribution in [-0.2, 0) is 7.05 Å². The monoisotopic (exact) mass is 223 g/mol. The highest BCUT2D eigenvalue weighted by Gasteiger charge is 2.19. The van der Waals surface area contributed by atoms with Crippen molar-refractivity contribution in [2.24, 2.45) is 12.8 Å². The second kappa shape index (κ2) is 4.04. The standard InChI is InChI=1S/C10H13N3OS/c1-13-10(7(14-2)6-12-13)9(11)8-4-3-5-15-8/h3-6,9H,11H2,1-2H3. The first kappa shape index (κ1) is 10.2. The molecule has 80 valence electrons. The fourth-order valence-electron chi connectivity index (χ4n) is 1.54. The number of hydrogen-bond acceptors (Lipinski definition) is 4. The van der Waals surface area contributed by atoms with E-state index in [1.807, 2.05) is 24.6 Å². The number of rotatable bonds is 3. The van der Waals surface area contributed by atoms with Gasteiger partial charge in [0.25, 0.3) is 0 Å². The number of methoxy groups -OCH3 is 1. The number of hydrogen-bond donors (Lipinski definition) is 1. The molecule has 0 saturated carbocycles. The van der Waals surface area contributed by atoms with Gasteiger partial charge in [-0.1, -0.05) is 6.07 Å². The lowest BCUT2D eigenvalue weighted by Gasteiger charge is -2.11. The van der Waals surface area contributed by atoms with E-state index in [-0.39, 0.29) is 6.04 Å². The van der Waals surface area contributed by atoms with Crippen LogP contribution in [0.25, 0.3) is 0 Å². The molecule has 0 aromatic carbocycles. The Bertz CT molecular complexity index is 435. The van der Waals surface area contributed by atoms with Gasteiger partial charge >= 0.3 is 0 Å². The van der Waals surface area contributed by atoms with Crippen molar-refractivity contribution >= 4 is 11.3 Å². The zero-order chi connectivity index (χ0) is 10.8. The Labute approximate surface area is 92.3 Å². The first-order chi connectivity index (χ1) is 7.24. The van der Waals surface area contributed by atoms with Gasteiger partial charge in [0.05, 0.1) is 19.3 Å². The Morgan fingerprint density at radius 3 is 3.00 bits per heavy atom. The molecule has 0 aliphatic heterocycles. The Kier molecular flexibility index (Phi) is 2.75. The van der Waals surface area contributed by atoms with E-state index in [4.69, 9.17) is 10.5 Å². The molecule has 2 aromatic rings. The maximum atomic E-state index is 6.15. The van der Waals surface area contributed by atoms with Crippen LogP contribution in [0.4, 0.5) is 0 Å². The van der Waals surface area contributed by atoms with Gasteiger partial charge in [0, 0.05) is 11.9 Å². The highest BCUT2D eigenvalue weighted by Crippen LogP contribution is 2.29. The van der Waals surface area contributed by atoms with Gasteiger partial charge in [-0.15, -0.1) is 11.3 Å². The lowest BCUT2D eigenvalue weighted by Crippen LogP contribution is -2.15. The fourth-order valence-corrected chi connectivity index (χ4v) is 2.27. The zero-order valence-corrected chi connectivity index (χ0v) is 9.49. The number of nitrogens with zero attached hydrogens (tertiary/aromatic N) is 2. The van der Waals surface area contributed by atoms with Gasteiger partial charge in [0.2, 0.25) is 0 Å². The van der Waals surface area contributed by atoms with Gasteiger partial charge in [-0.3, -0.25) is 4.68 Å². The summed E-state index contributed by atoms with van der Waals surface area (Å²) in [6, 6.07) is 3.83. The summed E-state index contributed by atoms with van der Waals surface area (Å²) in [6.07, 6.45) is 1.68. The molecule has 2 heterocycles. The molecule has 1 atom stereocenters. The second-order valence-corrected chi connectivity index (χ2v) is 4.19. The topological polar surface area (TPSA) is 53.1 Å². The molecule has 2 N–H and O–H groups in total. The third kappa shape index (κ3) is 1.75. The minimum absolute atomic E-state index is 0.174. The molecule has 0 aliphatic rings. The highest BCUT2D eigenvalue weighted by atomic mass is 32.1. The van der Waals surface area contributed by atoms with Gasteiger partial charge in [0.1, 0.15) is 5.69 Å². The van der Waals surface area contributed by atoms with Gasteiger partial charge in [0.15, 0.2) is 5.75 Å². The molecular formula is C10H13N3OS. The quantitative estimate of drug-likeness (QED) is 0.858. The first-order valence-corrected chi connectivity index (χ1v) is 5.47. The van der Waals surface area contributed by atoms with Crippen molar-refractivity contribution in [2.45, 2.75) is 6.04 Å². The molecule has 4 nitrogen and oxygen atoms in total. The largest absolute Gasteiger partial charge is 0.493 e. The maximum absolute atomic E-state index is 6.15. The summed E-state index contributed by atoms with van der Waals surface area (Å²) in [4.78, 5) is 1.11. The normalized spacial score (nSPS) is 12.7. The molecule has 5 heteroatoms. The van der Waals surface area contributed by atoms with E-state index >= 15 is 0 Å². The Balaban J connectivity index is 2.40. The number of ether oxygens (including phenoxy) is 1. The number of nitrogens with two attached hydrogens (primary N) is 1. The third-order valence-corrected chi connectivity index (χ3v) is 3.27. The Hall–Kier alpha value is -1.33. The maximum Gasteiger partial charge on any atom is 0.161 e. The van der Waals surface area contributed by atoms with Crippen molar-refractivity contribution in [3.8, 4) is 5.75 Å². The van der Waals surface area contributed by atoms with E-state index in [0.717, 1.165) is 16.3 Å². The van der Waals surface area contributed by atoms with E-state index in [2.05, 4.69) is 5.10 Å². The van der Waals surface area contributed by atoms with Crippen LogP contribution in [0, 0.1) is 0 Å². The van der Waals surface area contributed by atoms with Crippen LogP contribution < -0.4 is 10.5 Å². The molecule has 0 fully saturated rings. The predicted octanol–water partition coefficient (Wildman–Crippen LogP) is 1.54. The van der Waals surface area contributed by atoms with Crippen LogP contribution in [0.5, 0.6) is 5.75 Å². The summed E-state index contributed by atoms with van der Waals surface area (Å²) in [5.41, 5.74) is 7.05. The van der Waals surface area contributed by atoms with Crippen LogP contribution in [0.3, 0.4) is 0 Å². The fraction of sp³-hybridized carbons (Fsp3) is 0.300. The van der Waals surface area contributed by atoms with E-state index in [9.17, 15) is 0 Å². The molecule has 2 aromatic heterocycles. The van der Waals surface area contributed by atoms with Gasteiger partial charge in [-0.05, 0) is 11.4 Å². The SMILES string of the molecule is COc1cnn(C)c1C(N)c1cccs1. The molecule has 0 radical (unpaired) electrons. The summed E-state index contributed by atoms with van der Waals surface area (Å²) in [6.45, 7) is 0. The van der Waals surface area contributed by atoms with E-state index < -0.39 is 0 Å². The smallest absolute Gasteiger partial charge is 0.161 e. The average Bonchev–Trinajstić information content (AvgIpc) is 2.85. The van der Waals surface area contributed by atoms with Crippen molar-refractivity contribution in [1.29, 1.82) is 0 Å². The number of aromatic nitrogens is 2. The first-order valence-electron chi connectivity index (χ1n) is 4.59. The van der Waals surface area contributed by atoms with Crippen molar-refractivity contribution in [3.05, 3.63) is 34.3 Å². The van der Waals surface area contributed by atoms with Crippen LogP contribution in [0.15, 0.2) is 23.7 Å². The number of thiophene rings is 1. The second-order valence-electron chi connectivity index (χ2n) is 3.21. The van der Waals surface area contributed by atoms with E-state index in [1.54, 1.807) is 29.3 Å². The average molecular weight is 223 g/mol. The Morgan fingerprint density at radius 1 is 1.60 bits per heavy atom. The number of aryl methyl sites for hydroxylation is 1. The molecule has 2 rings (SSSR count). The van der Waals surface area contributed by atoms with Crippen molar-refractivity contribution in [2.75, 3.05) is 7.11 Å². The van der Waals surface area contributed by atoms with Crippen LogP contribution >= 0.6 is 11.3 Å². The van der Waals surface area contributed by atoms with Crippen LogP contribution in [0.1, 0.15) is 16.6 Å². The van der Waals surface area contributed by atoms with E-state index in [0.29, 0.717) is 0 Å². The molecule has 0 saturated heterocycles. The summed E-state index contributed by atoms with van der Waals surface area (Å²) in [5.74, 6) is 0.735. The molecular weight excluding hydrogens is 210 g/mol. The van der Waals surface area contributed by atoms with Crippen molar-refractivity contribution in [3.63, 3.8) is 0 Å². The molecule has 0 bridgehead atoms. The molecule has 1 unspecified atom stereocenters. The van der Waals surface area contributed by atoms with Gasteiger partial charge in [-0.2, -0.15) is 5.10 Å². The third-order valence-electron chi connectivity index (χ3n) is 2.31. The summed E-state index contributed by atoms with van der Waals surface area (Å²) >= 11 is 1.64. The molecule has 15 heavy (non-hydrogen) atoms. The van der Waals surface area contributed by atoms with Crippen molar-refractivity contribution < 1.29 is 4.74 Å². The molecule has 0 spiro atoms.